The van der Waals surface area contributed by atoms with Crippen LogP contribution in [0, 0.1) is 5.92 Å². The van der Waals surface area contributed by atoms with Crippen molar-refractivity contribution in [1.82, 2.24) is 30.1 Å². The molecule has 2 aromatic heterocycles. The predicted molar refractivity (Wildman–Crippen MR) is 163 cm³/mol. The third kappa shape index (κ3) is 7.74. The first-order valence-electron chi connectivity index (χ1n) is 14.3. The predicted octanol–water partition coefficient (Wildman–Crippen LogP) is 1.62. The molecule has 0 aliphatic carbocycles. The maximum Gasteiger partial charge on any atom is 0.250 e. The molecule has 0 saturated carbocycles. The second-order valence-corrected chi connectivity index (χ2v) is 10.6. The fourth-order valence-corrected chi connectivity index (χ4v) is 5.13. The fourth-order valence-electron chi connectivity index (χ4n) is 5.13. The van der Waals surface area contributed by atoms with Gasteiger partial charge < -0.3 is 29.7 Å². The maximum absolute atomic E-state index is 11.7. The number of fused-ring (bicyclic) bond motifs is 1. The molecule has 13 heteroatoms. The smallest absolute Gasteiger partial charge is 0.250 e. The van der Waals surface area contributed by atoms with Gasteiger partial charge in [-0.2, -0.15) is 0 Å². The molecule has 0 radical (unpaired) electrons. The number of nitrogens with zero attached hydrogens (tertiary/aromatic N) is 5. The van der Waals surface area contributed by atoms with Crippen LogP contribution in [0.2, 0.25) is 0 Å². The minimum absolute atomic E-state index is 0.0959. The normalized spacial score (nSPS) is 19.4. The lowest BCUT2D eigenvalue weighted by atomic mass is 10.0. The van der Waals surface area contributed by atoms with Crippen molar-refractivity contribution >= 4 is 35.0 Å². The minimum Gasteiger partial charge on any atom is -0.497 e. The quantitative estimate of drug-likeness (QED) is 0.208. The number of ether oxygens (including phenoxy) is 3. The van der Waals surface area contributed by atoms with E-state index in [-0.39, 0.29) is 12.0 Å². The molecule has 1 aromatic carbocycles. The number of hydrogen-bond acceptors (Lipinski definition) is 12. The van der Waals surface area contributed by atoms with E-state index in [1.54, 1.807) is 26.5 Å². The van der Waals surface area contributed by atoms with Gasteiger partial charge in [-0.05, 0) is 31.3 Å². The number of methoxy groups -OCH3 is 2. The van der Waals surface area contributed by atoms with Gasteiger partial charge in [-0.3, -0.25) is 19.8 Å². The van der Waals surface area contributed by atoms with Crippen LogP contribution in [-0.2, 0) is 14.3 Å². The van der Waals surface area contributed by atoms with Crippen LogP contribution in [0.3, 0.4) is 0 Å². The molecule has 0 spiro atoms. The van der Waals surface area contributed by atoms with Crippen LogP contribution in [0.1, 0.15) is 0 Å². The molecule has 2 saturated heterocycles. The number of carbonyl (C=O) groups is 2. The van der Waals surface area contributed by atoms with Gasteiger partial charge in [0.25, 0.3) is 0 Å². The van der Waals surface area contributed by atoms with E-state index in [1.807, 2.05) is 24.3 Å². The van der Waals surface area contributed by atoms with Crippen LogP contribution >= 0.6 is 0 Å². The zero-order valence-electron chi connectivity index (χ0n) is 24.7. The molecule has 4 heterocycles. The summed E-state index contributed by atoms with van der Waals surface area (Å²) in [5.74, 6) is 1.84. The van der Waals surface area contributed by atoms with E-state index in [0.29, 0.717) is 55.0 Å². The Bertz CT molecular complexity index is 1440. The van der Waals surface area contributed by atoms with Gasteiger partial charge in [0.15, 0.2) is 5.82 Å². The number of piperazine rings is 1. The number of imide groups is 1. The minimum atomic E-state index is -0.481. The average molecular weight is 591 g/mol. The van der Waals surface area contributed by atoms with Crippen molar-refractivity contribution in [3.05, 3.63) is 42.6 Å². The van der Waals surface area contributed by atoms with Crippen LogP contribution in [-0.4, -0.2) is 117 Å². The summed E-state index contributed by atoms with van der Waals surface area (Å²) in [6.07, 6.45) is 5.20. The lowest BCUT2D eigenvalue weighted by molar-refractivity contribution is -0.121. The van der Waals surface area contributed by atoms with Gasteiger partial charge in [-0.1, -0.05) is 6.08 Å². The number of anilines is 2. The van der Waals surface area contributed by atoms with Crippen molar-refractivity contribution in [2.24, 2.45) is 5.92 Å². The highest BCUT2D eigenvalue weighted by Gasteiger charge is 2.27. The summed E-state index contributed by atoms with van der Waals surface area (Å²) in [6, 6.07) is 7.47. The summed E-state index contributed by atoms with van der Waals surface area (Å²) >= 11 is 0. The molecular weight excluding hydrogens is 552 g/mol. The molecule has 3 N–H and O–H groups in total. The van der Waals surface area contributed by atoms with Crippen LogP contribution in [0.25, 0.3) is 22.2 Å². The van der Waals surface area contributed by atoms with E-state index in [0.717, 1.165) is 49.4 Å². The van der Waals surface area contributed by atoms with Crippen molar-refractivity contribution in [2.75, 3.05) is 84.4 Å². The molecule has 13 nitrogen and oxygen atoms in total. The molecule has 43 heavy (non-hydrogen) atoms. The average Bonchev–Trinajstić information content (AvgIpc) is 3.47. The number of pyridine rings is 1. The highest BCUT2D eigenvalue weighted by Crippen LogP contribution is 2.32. The van der Waals surface area contributed by atoms with Gasteiger partial charge in [0.1, 0.15) is 17.0 Å². The van der Waals surface area contributed by atoms with E-state index < -0.39 is 5.91 Å². The summed E-state index contributed by atoms with van der Waals surface area (Å²) in [5, 5.41) is 9.81. The highest BCUT2D eigenvalue weighted by molar-refractivity contribution is 5.94. The van der Waals surface area contributed by atoms with Gasteiger partial charge in [0.2, 0.25) is 18.3 Å². The molecule has 2 fully saturated rings. The number of benzene rings is 1. The Morgan fingerprint density at radius 3 is 2.56 bits per heavy atom. The Morgan fingerprint density at radius 2 is 1.84 bits per heavy atom. The molecule has 0 unspecified atom stereocenters. The van der Waals surface area contributed by atoms with E-state index >= 15 is 0 Å². The molecule has 0 bridgehead atoms. The van der Waals surface area contributed by atoms with Gasteiger partial charge in [0.05, 0.1) is 39.2 Å². The summed E-state index contributed by atoms with van der Waals surface area (Å²) in [5.41, 5.74) is 2.27. The van der Waals surface area contributed by atoms with E-state index in [1.165, 1.54) is 6.08 Å². The van der Waals surface area contributed by atoms with E-state index in [9.17, 15) is 9.59 Å². The van der Waals surface area contributed by atoms with Gasteiger partial charge in [-0.25, -0.2) is 15.0 Å². The molecular formula is C30H38N8O5. The fraction of sp³-hybridized carbons (Fsp3) is 0.433. The lowest BCUT2D eigenvalue weighted by Gasteiger charge is -2.32. The first kappa shape index (κ1) is 30.1. The zero-order valence-corrected chi connectivity index (χ0v) is 24.7. The summed E-state index contributed by atoms with van der Waals surface area (Å²) in [6.45, 7) is 6.62. The molecule has 228 valence electrons. The largest absolute Gasteiger partial charge is 0.497 e. The number of likely N-dealkylation sites (N-methyl/N-ethyl adjacent to an activating group) is 1. The Balaban J connectivity index is 1.42. The Kier molecular flexibility index (Phi) is 9.97. The molecule has 2 aliphatic heterocycles. The summed E-state index contributed by atoms with van der Waals surface area (Å²) in [7, 11) is 5.39. The highest BCUT2D eigenvalue weighted by atomic mass is 16.5. The van der Waals surface area contributed by atoms with Crippen LogP contribution in [0.5, 0.6) is 11.5 Å². The number of carbonyl (C=O) groups excluding carboxylic acids is 2. The van der Waals surface area contributed by atoms with Crippen LogP contribution in [0.4, 0.5) is 11.8 Å². The van der Waals surface area contributed by atoms with Gasteiger partial charge in [-0.15, -0.1) is 0 Å². The third-order valence-corrected chi connectivity index (χ3v) is 7.66. The lowest BCUT2D eigenvalue weighted by Crippen LogP contribution is -2.45. The maximum atomic E-state index is 11.7. The molecule has 5 rings (SSSR count). The molecule has 2 aliphatic rings. The zero-order chi connectivity index (χ0) is 30.2. The van der Waals surface area contributed by atoms with Gasteiger partial charge in [0, 0.05) is 68.4 Å². The van der Waals surface area contributed by atoms with E-state index in [2.05, 4.69) is 37.8 Å². The number of nitrogens with one attached hydrogen (secondary N) is 3. The number of aromatic nitrogens is 3. The first-order chi connectivity index (χ1) is 20.9. The number of amides is 2. The Labute approximate surface area is 250 Å². The standard InChI is InChI=1S/C30H38N8O5/c1-37-8-10-38(11-9-37)7-6-31-29-28-22(14-25(34-29)21-12-23(41-2)15-24(13-21)42-3)16-32-30(36-28)35-26-18-43-17-20(26)4-5-27(40)33-19-39/h4-5,12-16,19-20,26H,6-11,17-18H2,1-3H3,(H,31,34)(H,32,35,36)(H,33,39,40)/t20-,26+/m0/s1. The van der Waals surface area contributed by atoms with Crippen molar-refractivity contribution in [3.8, 4) is 22.8 Å². The van der Waals surface area contributed by atoms with Crippen molar-refractivity contribution in [1.29, 1.82) is 0 Å². The van der Waals surface area contributed by atoms with Gasteiger partial charge >= 0.3 is 0 Å². The van der Waals surface area contributed by atoms with E-state index in [4.69, 9.17) is 24.2 Å². The number of rotatable bonds is 12. The second-order valence-electron chi connectivity index (χ2n) is 10.6. The molecule has 3 aromatic rings. The van der Waals surface area contributed by atoms with Crippen LogP contribution in [0.15, 0.2) is 42.6 Å². The van der Waals surface area contributed by atoms with Crippen molar-refractivity contribution < 1.29 is 23.8 Å². The third-order valence-electron chi connectivity index (χ3n) is 7.66. The molecule has 2 atom stereocenters. The Hall–Kier alpha value is -4.33. The number of hydrogen-bond donors (Lipinski definition) is 3. The summed E-state index contributed by atoms with van der Waals surface area (Å²) in [4.78, 5) is 41.4. The topological polar surface area (TPSA) is 143 Å². The monoisotopic (exact) mass is 590 g/mol. The van der Waals surface area contributed by atoms with Crippen molar-refractivity contribution in [2.45, 2.75) is 6.04 Å². The Morgan fingerprint density at radius 1 is 1.07 bits per heavy atom. The van der Waals surface area contributed by atoms with Crippen molar-refractivity contribution in [3.63, 3.8) is 0 Å². The SMILES string of the molecule is COc1cc(OC)cc(-c2cc3cnc(N[C@@H]4COC[C@@H]4C=CC(=O)NC=O)nc3c(NCCN3CCN(C)CC3)n2)c1. The molecule has 2 amide bonds. The van der Waals surface area contributed by atoms with Crippen LogP contribution < -0.4 is 25.4 Å². The summed E-state index contributed by atoms with van der Waals surface area (Å²) < 4.78 is 16.6. The first-order valence-corrected chi connectivity index (χ1v) is 14.3. The second kappa shape index (κ2) is 14.2.